The van der Waals surface area contributed by atoms with Gasteiger partial charge in [0.15, 0.2) is 11.6 Å². The summed E-state index contributed by atoms with van der Waals surface area (Å²) in [6, 6.07) is 7.40. The molecule has 0 saturated carbocycles. The molecule has 1 fully saturated rings. The molecule has 23 heavy (non-hydrogen) atoms. The molecule has 0 bridgehead atoms. The molecule has 0 unspecified atom stereocenters. The van der Waals surface area contributed by atoms with E-state index in [4.69, 9.17) is 0 Å². The maximum absolute atomic E-state index is 13.3. The van der Waals surface area contributed by atoms with Gasteiger partial charge in [0.1, 0.15) is 0 Å². The molecule has 3 rings (SSSR count). The zero-order valence-corrected chi connectivity index (χ0v) is 12.5. The van der Waals surface area contributed by atoms with Gasteiger partial charge in [0.05, 0.1) is 11.9 Å². The van der Waals surface area contributed by atoms with Crippen LogP contribution in [0.2, 0.25) is 0 Å². The second-order valence-corrected chi connectivity index (χ2v) is 5.61. The van der Waals surface area contributed by atoms with Crippen molar-refractivity contribution in [3.8, 4) is 0 Å². The molecular weight excluding hydrogens is 300 g/mol. The summed E-state index contributed by atoms with van der Waals surface area (Å²) in [5.74, 6) is -1.51. The van der Waals surface area contributed by atoms with Crippen molar-refractivity contribution in [3.05, 3.63) is 59.9 Å². The summed E-state index contributed by atoms with van der Waals surface area (Å²) in [5, 5.41) is 2.80. The van der Waals surface area contributed by atoms with Gasteiger partial charge in [-0.1, -0.05) is 6.07 Å². The third kappa shape index (κ3) is 3.64. The first kappa shape index (κ1) is 15.4. The molecule has 6 heteroatoms. The number of urea groups is 1. The Morgan fingerprint density at radius 3 is 2.61 bits per heavy atom. The SMILES string of the molecule is O=C(Nc1cccnc1)N1CCC(c2ccc(F)c(F)c2)CC1. The van der Waals surface area contributed by atoms with Crippen LogP contribution in [0.25, 0.3) is 0 Å². The van der Waals surface area contributed by atoms with Gasteiger partial charge < -0.3 is 10.2 Å². The molecule has 120 valence electrons. The normalized spacial score (nSPS) is 15.5. The number of rotatable bonds is 2. The van der Waals surface area contributed by atoms with Crippen LogP contribution in [0.4, 0.5) is 19.3 Å². The first-order valence-electron chi connectivity index (χ1n) is 7.54. The Hall–Kier alpha value is -2.50. The lowest BCUT2D eigenvalue weighted by molar-refractivity contribution is 0.194. The number of carbonyl (C=O) groups excluding carboxylic acids is 1. The maximum atomic E-state index is 13.3. The Morgan fingerprint density at radius 2 is 1.96 bits per heavy atom. The number of amides is 2. The van der Waals surface area contributed by atoms with Crippen LogP contribution in [0.3, 0.4) is 0 Å². The van der Waals surface area contributed by atoms with Crippen molar-refractivity contribution in [2.75, 3.05) is 18.4 Å². The number of pyridine rings is 1. The smallest absolute Gasteiger partial charge is 0.321 e. The maximum Gasteiger partial charge on any atom is 0.321 e. The molecule has 0 aliphatic carbocycles. The van der Waals surface area contributed by atoms with Crippen molar-refractivity contribution >= 4 is 11.7 Å². The third-order valence-corrected chi connectivity index (χ3v) is 4.11. The van der Waals surface area contributed by atoms with Crippen LogP contribution in [0, 0.1) is 11.6 Å². The average molecular weight is 317 g/mol. The van der Waals surface area contributed by atoms with E-state index in [0.29, 0.717) is 18.8 Å². The molecule has 1 aliphatic heterocycles. The molecule has 1 N–H and O–H groups in total. The molecule has 2 heterocycles. The van der Waals surface area contributed by atoms with Gasteiger partial charge in [-0.15, -0.1) is 0 Å². The molecule has 1 aliphatic rings. The summed E-state index contributed by atoms with van der Waals surface area (Å²) >= 11 is 0. The van der Waals surface area contributed by atoms with E-state index in [1.165, 1.54) is 6.07 Å². The molecular formula is C17H17F2N3O. The number of anilines is 1. The van der Waals surface area contributed by atoms with Crippen molar-refractivity contribution in [2.24, 2.45) is 0 Å². The summed E-state index contributed by atoms with van der Waals surface area (Å²) in [6.45, 7) is 1.16. The lowest BCUT2D eigenvalue weighted by Gasteiger charge is -2.32. The molecule has 1 aromatic carbocycles. The Kier molecular flexibility index (Phi) is 4.50. The predicted octanol–water partition coefficient (Wildman–Crippen LogP) is 3.77. The molecule has 2 amide bonds. The summed E-state index contributed by atoms with van der Waals surface area (Å²) in [4.78, 5) is 17.9. The molecule has 1 aromatic heterocycles. The topological polar surface area (TPSA) is 45.2 Å². The monoisotopic (exact) mass is 317 g/mol. The predicted molar refractivity (Wildman–Crippen MR) is 83.2 cm³/mol. The fourth-order valence-corrected chi connectivity index (χ4v) is 2.82. The highest BCUT2D eigenvalue weighted by Gasteiger charge is 2.24. The summed E-state index contributed by atoms with van der Waals surface area (Å²) < 4.78 is 26.3. The lowest BCUT2D eigenvalue weighted by atomic mass is 9.89. The van der Waals surface area contributed by atoms with Crippen LogP contribution < -0.4 is 5.32 Å². The van der Waals surface area contributed by atoms with Gasteiger partial charge in [0, 0.05) is 19.3 Å². The number of benzene rings is 1. The van der Waals surface area contributed by atoms with Gasteiger partial charge >= 0.3 is 6.03 Å². The van der Waals surface area contributed by atoms with E-state index >= 15 is 0 Å². The number of aromatic nitrogens is 1. The van der Waals surface area contributed by atoms with Crippen LogP contribution in [-0.4, -0.2) is 29.0 Å². The minimum Gasteiger partial charge on any atom is -0.324 e. The van der Waals surface area contributed by atoms with Crippen molar-refractivity contribution < 1.29 is 13.6 Å². The number of piperidine rings is 1. The standard InChI is InChI=1S/C17H17F2N3O/c18-15-4-3-13(10-16(15)19)12-5-8-22(9-6-12)17(23)21-14-2-1-7-20-11-14/h1-4,7,10-12H,5-6,8-9H2,(H,21,23). The van der Waals surface area contributed by atoms with Crippen LogP contribution in [0.1, 0.15) is 24.3 Å². The Labute approximate surface area is 133 Å². The van der Waals surface area contributed by atoms with Gasteiger partial charge in [-0.2, -0.15) is 0 Å². The second-order valence-electron chi connectivity index (χ2n) is 5.61. The Morgan fingerprint density at radius 1 is 1.17 bits per heavy atom. The molecule has 0 atom stereocenters. The minimum absolute atomic E-state index is 0.146. The number of hydrogen-bond acceptors (Lipinski definition) is 2. The molecule has 4 nitrogen and oxygen atoms in total. The zero-order chi connectivity index (χ0) is 16.2. The third-order valence-electron chi connectivity index (χ3n) is 4.11. The minimum atomic E-state index is -0.831. The number of nitrogens with zero attached hydrogens (tertiary/aromatic N) is 2. The van der Waals surface area contributed by atoms with Gasteiger partial charge in [-0.05, 0) is 48.6 Å². The van der Waals surface area contributed by atoms with Crippen molar-refractivity contribution in [3.63, 3.8) is 0 Å². The summed E-state index contributed by atoms with van der Waals surface area (Å²) in [7, 11) is 0. The fourth-order valence-electron chi connectivity index (χ4n) is 2.82. The molecule has 2 aromatic rings. The second kappa shape index (κ2) is 6.73. The van der Waals surface area contributed by atoms with E-state index in [-0.39, 0.29) is 11.9 Å². The van der Waals surface area contributed by atoms with Crippen molar-refractivity contribution in [2.45, 2.75) is 18.8 Å². The zero-order valence-electron chi connectivity index (χ0n) is 12.5. The molecule has 0 spiro atoms. The Bertz CT molecular complexity index is 685. The van der Waals surface area contributed by atoms with E-state index in [9.17, 15) is 13.6 Å². The van der Waals surface area contributed by atoms with E-state index in [0.717, 1.165) is 24.5 Å². The summed E-state index contributed by atoms with van der Waals surface area (Å²) in [5.41, 5.74) is 1.44. The van der Waals surface area contributed by atoms with E-state index in [1.807, 2.05) is 0 Å². The highest BCUT2D eigenvalue weighted by Crippen LogP contribution is 2.29. The van der Waals surface area contributed by atoms with Gasteiger partial charge in [0.2, 0.25) is 0 Å². The van der Waals surface area contributed by atoms with Crippen LogP contribution in [-0.2, 0) is 0 Å². The fraction of sp³-hybridized carbons (Fsp3) is 0.294. The number of likely N-dealkylation sites (tertiary alicyclic amines) is 1. The van der Waals surface area contributed by atoms with Gasteiger partial charge in [-0.3, -0.25) is 4.98 Å². The van der Waals surface area contributed by atoms with Crippen LogP contribution in [0.15, 0.2) is 42.7 Å². The largest absolute Gasteiger partial charge is 0.324 e. The van der Waals surface area contributed by atoms with Crippen LogP contribution >= 0.6 is 0 Å². The lowest BCUT2D eigenvalue weighted by Crippen LogP contribution is -2.40. The van der Waals surface area contributed by atoms with Crippen LogP contribution in [0.5, 0.6) is 0 Å². The number of hydrogen-bond donors (Lipinski definition) is 1. The number of halogens is 2. The van der Waals surface area contributed by atoms with E-state index < -0.39 is 11.6 Å². The summed E-state index contributed by atoms with van der Waals surface area (Å²) in [6.07, 6.45) is 4.69. The first-order valence-corrected chi connectivity index (χ1v) is 7.54. The number of nitrogens with one attached hydrogen (secondary N) is 1. The highest BCUT2D eigenvalue weighted by atomic mass is 19.2. The Balaban J connectivity index is 1.57. The van der Waals surface area contributed by atoms with Gasteiger partial charge in [0.25, 0.3) is 0 Å². The van der Waals surface area contributed by atoms with Crippen molar-refractivity contribution in [1.29, 1.82) is 0 Å². The average Bonchev–Trinajstić information content (AvgIpc) is 2.58. The quantitative estimate of drug-likeness (QED) is 0.916. The first-order chi connectivity index (χ1) is 11.1. The van der Waals surface area contributed by atoms with E-state index in [2.05, 4.69) is 10.3 Å². The van der Waals surface area contributed by atoms with Gasteiger partial charge in [-0.25, -0.2) is 13.6 Å². The van der Waals surface area contributed by atoms with E-state index in [1.54, 1.807) is 35.5 Å². The number of carbonyl (C=O) groups is 1. The molecule has 0 radical (unpaired) electrons. The molecule has 1 saturated heterocycles. The van der Waals surface area contributed by atoms with Crippen molar-refractivity contribution in [1.82, 2.24) is 9.88 Å². The highest BCUT2D eigenvalue weighted by molar-refractivity contribution is 5.89.